The molecular weight excluding hydrogens is 358 g/mol. The van der Waals surface area contributed by atoms with Gasteiger partial charge in [-0.2, -0.15) is 0 Å². The molecule has 0 spiro atoms. The second-order valence-electron chi connectivity index (χ2n) is 9.27. The van der Waals surface area contributed by atoms with Gasteiger partial charge in [0.1, 0.15) is 0 Å². The van der Waals surface area contributed by atoms with E-state index in [9.17, 15) is 10.2 Å². The van der Waals surface area contributed by atoms with Gasteiger partial charge >= 0.3 is 0 Å². The third-order valence-corrected chi connectivity index (χ3v) is 8.19. The molecule has 2 aromatic carbocycles. The molecule has 4 bridgehead atoms. The molecule has 2 fully saturated rings. The fraction of sp³-hybridized carbons (Fsp3) is 0.308. The lowest BCUT2D eigenvalue weighted by Crippen LogP contribution is -2.24. The van der Waals surface area contributed by atoms with Gasteiger partial charge in [-0.25, -0.2) is 0 Å². The number of rotatable bonds is 2. The van der Waals surface area contributed by atoms with E-state index in [0.29, 0.717) is 35.5 Å². The van der Waals surface area contributed by atoms with Crippen molar-refractivity contribution in [2.24, 2.45) is 23.7 Å². The van der Waals surface area contributed by atoms with Gasteiger partial charge in [-0.3, -0.25) is 4.57 Å². The van der Waals surface area contributed by atoms with Crippen LogP contribution in [0.2, 0.25) is 0 Å². The number of allylic oxidation sites excluding steroid dienone is 2. The molecule has 3 heteroatoms. The van der Waals surface area contributed by atoms with Crippen LogP contribution in [0.1, 0.15) is 35.8 Å². The highest BCUT2D eigenvalue weighted by atomic mass is 16.3. The molecule has 0 aliphatic heterocycles. The molecule has 144 valence electrons. The van der Waals surface area contributed by atoms with Gasteiger partial charge in [0.2, 0.25) is 11.8 Å². The Morgan fingerprint density at radius 3 is 1.79 bits per heavy atom. The van der Waals surface area contributed by atoms with Crippen LogP contribution in [0, 0.1) is 23.7 Å². The van der Waals surface area contributed by atoms with E-state index in [1.165, 1.54) is 6.42 Å². The lowest BCUT2D eigenvalue weighted by molar-refractivity contribution is 0.298. The van der Waals surface area contributed by atoms with Crippen molar-refractivity contribution in [1.82, 2.24) is 4.57 Å². The lowest BCUT2D eigenvalue weighted by atomic mass is 9.72. The first-order chi connectivity index (χ1) is 14.2. The number of aromatic hydroxyl groups is 2. The summed E-state index contributed by atoms with van der Waals surface area (Å²) >= 11 is 0. The number of hydrogen-bond donors (Lipinski definition) is 2. The zero-order valence-electron chi connectivity index (χ0n) is 16.1. The Morgan fingerprint density at radius 2 is 1.21 bits per heavy atom. The van der Waals surface area contributed by atoms with Crippen LogP contribution < -0.4 is 0 Å². The van der Waals surface area contributed by atoms with Crippen LogP contribution in [-0.4, -0.2) is 14.8 Å². The third kappa shape index (κ3) is 1.89. The van der Waals surface area contributed by atoms with E-state index in [1.54, 1.807) is 4.57 Å². The van der Waals surface area contributed by atoms with Crippen molar-refractivity contribution in [1.29, 1.82) is 0 Å². The quantitative estimate of drug-likeness (QED) is 0.450. The summed E-state index contributed by atoms with van der Waals surface area (Å²) in [6.45, 7) is 0. The van der Waals surface area contributed by atoms with Crippen LogP contribution in [-0.2, 0) is 0 Å². The van der Waals surface area contributed by atoms with E-state index in [4.69, 9.17) is 0 Å². The number of aromatic nitrogens is 1. The van der Waals surface area contributed by atoms with Gasteiger partial charge in [-0.1, -0.05) is 54.6 Å². The number of fused-ring (bicyclic) bond motifs is 12. The number of nitrogens with zero attached hydrogens (tertiary/aromatic N) is 1. The first-order valence-electron chi connectivity index (χ1n) is 10.7. The van der Waals surface area contributed by atoms with Gasteiger partial charge in [0.15, 0.2) is 0 Å². The molecule has 3 aromatic rings. The molecular formula is C26H23NO2. The average molecular weight is 381 g/mol. The molecule has 2 N–H and O–H groups in total. The SMILES string of the molecule is Oc1c2c(c(O)n1-c1ccc(-c3ccccc3)cc1)C1CC2C2C3C=CC(C3)C12. The van der Waals surface area contributed by atoms with Crippen LogP contribution in [0.5, 0.6) is 11.8 Å². The van der Waals surface area contributed by atoms with E-state index < -0.39 is 0 Å². The van der Waals surface area contributed by atoms with Crippen molar-refractivity contribution in [3.63, 3.8) is 0 Å². The zero-order valence-corrected chi connectivity index (χ0v) is 16.1. The normalized spacial score (nSPS) is 32.7. The minimum Gasteiger partial charge on any atom is -0.494 e. The fourth-order valence-corrected chi connectivity index (χ4v) is 7.23. The summed E-state index contributed by atoms with van der Waals surface area (Å²) < 4.78 is 1.66. The molecule has 2 saturated carbocycles. The maximum Gasteiger partial charge on any atom is 0.202 e. The summed E-state index contributed by atoms with van der Waals surface area (Å²) in [4.78, 5) is 0. The number of benzene rings is 2. The van der Waals surface area contributed by atoms with Gasteiger partial charge in [0, 0.05) is 11.1 Å². The van der Waals surface area contributed by atoms with Gasteiger partial charge in [0.05, 0.1) is 5.69 Å². The lowest BCUT2D eigenvalue weighted by Gasteiger charge is -2.31. The molecule has 0 radical (unpaired) electrons. The van der Waals surface area contributed by atoms with E-state index in [-0.39, 0.29) is 11.8 Å². The topological polar surface area (TPSA) is 45.4 Å². The van der Waals surface area contributed by atoms with Crippen molar-refractivity contribution in [2.45, 2.75) is 24.7 Å². The Labute approximate surface area is 169 Å². The van der Waals surface area contributed by atoms with Gasteiger partial charge in [0.25, 0.3) is 0 Å². The molecule has 6 atom stereocenters. The average Bonchev–Trinajstić information content (AvgIpc) is 3.55. The zero-order chi connectivity index (χ0) is 19.3. The summed E-state index contributed by atoms with van der Waals surface area (Å²) in [6, 6.07) is 18.4. The minimum atomic E-state index is 0.252. The van der Waals surface area contributed by atoms with Gasteiger partial charge in [-0.15, -0.1) is 0 Å². The smallest absolute Gasteiger partial charge is 0.202 e. The van der Waals surface area contributed by atoms with Crippen LogP contribution in [0.4, 0.5) is 0 Å². The van der Waals surface area contributed by atoms with Crippen LogP contribution in [0.25, 0.3) is 16.8 Å². The second-order valence-corrected chi connectivity index (χ2v) is 9.27. The summed E-state index contributed by atoms with van der Waals surface area (Å²) in [6.07, 6.45) is 7.18. The molecule has 3 nitrogen and oxygen atoms in total. The first-order valence-corrected chi connectivity index (χ1v) is 10.7. The first kappa shape index (κ1) is 15.9. The predicted octanol–water partition coefficient (Wildman–Crippen LogP) is 5.58. The summed E-state index contributed by atoms with van der Waals surface area (Å²) in [5, 5.41) is 22.3. The Balaban J connectivity index is 1.31. The maximum atomic E-state index is 11.2. The Morgan fingerprint density at radius 1 is 0.655 bits per heavy atom. The van der Waals surface area contributed by atoms with Crippen LogP contribution in [0.15, 0.2) is 66.7 Å². The van der Waals surface area contributed by atoms with Crippen LogP contribution >= 0.6 is 0 Å². The van der Waals surface area contributed by atoms with Crippen molar-refractivity contribution in [2.75, 3.05) is 0 Å². The van der Waals surface area contributed by atoms with E-state index >= 15 is 0 Å². The molecule has 4 aliphatic carbocycles. The molecule has 7 rings (SSSR count). The van der Waals surface area contributed by atoms with Gasteiger partial charge in [-0.05, 0) is 71.6 Å². The van der Waals surface area contributed by atoms with E-state index in [0.717, 1.165) is 34.4 Å². The molecule has 1 heterocycles. The Hall–Kier alpha value is -2.94. The van der Waals surface area contributed by atoms with Crippen molar-refractivity contribution >= 4 is 0 Å². The fourth-order valence-electron chi connectivity index (χ4n) is 7.23. The molecule has 1 aromatic heterocycles. The second kappa shape index (κ2) is 5.35. The standard InChI is InChI=1S/C26H23NO2/c28-25-23-19-13-20(22-17-7-6-16(12-17)21(19)22)24(23)26(29)27(25)18-10-8-15(9-11-18)14-4-2-1-3-5-14/h1-11,16-17,19-22,28-29H,12-13H2. The Kier molecular flexibility index (Phi) is 2.94. The maximum absolute atomic E-state index is 11.2. The molecule has 0 saturated heterocycles. The highest BCUT2D eigenvalue weighted by Gasteiger charge is 2.62. The highest BCUT2D eigenvalue weighted by molar-refractivity contribution is 5.66. The Bertz CT molecular complexity index is 1110. The van der Waals surface area contributed by atoms with Crippen molar-refractivity contribution in [3.05, 3.63) is 77.9 Å². The summed E-state index contributed by atoms with van der Waals surface area (Å²) in [7, 11) is 0. The molecule has 6 unspecified atom stereocenters. The number of hydrogen-bond acceptors (Lipinski definition) is 2. The molecule has 4 aliphatic rings. The van der Waals surface area contributed by atoms with E-state index in [2.05, 4.69) is 36.4 Å². The van der Waals surface area contributed by atoms with E-state index in [1.807, 2.05) is 30.3 Å². The molecule has 0 amide bonds. The highest BCUT2D eigenvalue weighted by Crippen LogP contribution is 2.72. The van der Waals surface area contributed by atoms with Gasteiger partial charge < -0.3 is 10.2 Å². The summed E-state index contributed by atoms with van der Waals surface area (Å²) in [5.41, 5.74) is 5.17. The van der Waals surface area contributed by atoms with Crippen molar-refractivity contribution in [3.8, 4) is 28.6 Å². The molecule has 29 heavy (non-hydrogen) atoms. The predicted molar refractivity (Wildman–Crippen MR) is 112 cm³/mol. The third-order valence-electron chi connectivity index (χ3n) is 8.19. The monoisotopic (exact) mass is 381 g/mol. The van der Waals surface area contributed by atoms with Crippen molar-refractivity contribution < 1.29 is 10.2 Å². The largest absolute Gasteiger partial charge is 0.494 e. The minimum absolute atomic E-state index is 0.252. The summed E-state index contributed by atoms with van der Waals surface area (Å²) in [5.74, 6) is 3.95. The van der Waals surface area contributed by atoms with Crippen LogP contribution in [0.3, 0.4) is 0 Å².